The lowest BCUT2D eigenvalue weighted by Gasteiger charge is -2.06. The summed E-state index contributed by atoms with van der Waals surface area (Å²) in [4.78, 5) is 89.0. The zero-order chi connectivity index (χ0) is 53.0. The molecule has 0 aliphatic heterocycles. The number of Topliss-reactive ketones (excluding diaryl/α,β-unsaturated/α-hetero) is 4. The zero-order valence-electron chi connectivity index (χ0n) is 43.7. The van der Waals surface area contributed by atoms with Crippen molar-refractivity contribution in [1.29, 1.82) is 0 Å². The molecule has 0 fully saturated rings. The first-order chi connectivity index (χ1) is 34.4. The number of hydrogen-bond acceptors (Lipinski definition) is 14. The standard InChI is InChI=1S/2C17H19N3O.2C12H16N2O/c2*1-12(2)6-7-13(3)16(21)17-19-10-8-15(20-17)14-5-4-9-18-11-14;2*1-9(2)5-6-10(3)11(15)12-13-7-4-8-14-12/h2*4-13H,1-3H3;2*4-10H,1-3H3/b2*7-6+;2*6-5+/t2*13-;2*10-/m1010/s1. The van der Waals surface area contributed by atoms with Crippen LogP contribution in [0.2, 0.25) is 0 Å². The van der Waals surface area contributed by atoms with Crippen molar-refractivity contribution in [3.8, 4) is 22.5 Å². The fraction of sp³-hybridized carbons (Fsp3) is 0.345. The van der Waals surface area contributed by atoms with Crippen molar-refractivity contribution in [2.24, 2.45) is 47.3 Å². The van der Waals surface area contributed by atoms with Gasteiger partial charge < -0.3 is 0 Å². The molecule has 0 aromatic carbocycles. The Morgan fingerprint density at radius 1 is 0.333 bits per heavy atom. The predicted molar refractivity (Wildman–Crippen MR) is 284 cm³/mol. The number of rotatable bonds is 18. The summed E-state index contributed by atoms with van der Waals surface area (Å²) in [5, 5.41) is 0. The van der Waals surface area contributed by atoms with Crippen molar-refractivity contribution in [3.63, 3.8) is 0 Å². The maximum atomic E-state index is 12.3. The minimum absolute atomic E-state index is 0.0347. The van der Waals surface area contributed by atoms with Crippen LogP contribution in [0.15, 0.2) is 159 Å². The van der Waals surface area contributed by atoms with Crippen LogP contribution in [0.5, 0.6) is 0 Å². The normalized spacial score (nSPS) is 13.0. The van der Waals surface area contributed by atoms with Gasteiger partial charge in [0.15, 0.2) is 23.3 Å². The van der Waals surface area contributed by atoms with Gasteiger partial charge in [-0.3, -0.25) is 29.1 Å². The molecule has 6 aromatic rings. The van der Waals surface area contributed by atoms with E-state index in [9.17, 15) is 19.2 Å². The van der Waals surface area contributed by atoms with Crippen molar-refractivity contribution in [3.05, 3.63) is 182 Å². The van der Waals surface area contributed by atoms with Gasteiger partial charge in [0, 0.05) is 96.8 Å². The third-order valence-electron chi connectivity index (χ3n) is 10.0. The molecular weight excluding hydrogens is 901 g/mol. The van der Waals surface area contributed by atoms with E-state index in [4.69, 9.17) is 0 Å². The van der Waals surface area contributed by atoms with E-state index in [-0.39, 0.29) is 58.5 Å². The summed E-state index contributed by atoms with van der Waals surface area (Å²) < 4.78 is 0. The highest BCUT2D eigenvalue weighted by atomic mass is 16.1. The lowest BCUT2D eigenvalue weighted by atomic mass is 10.0. The Labute approximate surface area is 425 Å². The topological polar surface area (TPSA) is 197 Å². The van der Waals surface area contributed by atoms with Gasteiger partial charge in [0.05, 0.1) is 11.4 Å². The molecule has 14 heteroatoms. The summed E-state index contributed by atoms with van der Waals surface area (Å²) in [6.07, 6.45) is 32.1. The molecule has 6 aromatic heterocycles. The van der Waals surface area contributed by atoms with E-state index in [1.807, 2.05) is 101 Å². The lowest BCUT2D eigenvalue weighted by Crippen LogP contribution is -2.13. The number of carbonyl (C=O) groups is 4. The van der Waals surface area contributed by atoms with E-state index >= 15 is 0 Å². The molecule has 0 aliphatic carbocycles. The number of carbonyl (C=O) groups excluding carboxylic acids is 4. The van der Waals surface area contributed by atoms with Gasteiger partial charge in [0.1, 0.15) is 0 Å². The summed E-state index contributed by atoms with van der Waals surface area (Å²) in [6, 6.07) is 14.5. The second kappa shape index (κ2) is 31.5. The van der Waals surface area contributed by atoms with E-state index in [1.54, 1.807) is 86.2 Å². The van der Waals surface area contributed by atoms with Crippen LogP contribution in [0.25, 0.3) is 22.5 Å². The minimum Gasteiger partial charge on any atom is -0.290 e. The Bertz CT molecular complexity index is 2500. The fourth-order valence-electron chi connectivity index (χ4n) is 5.88. The van der Waals surface area contributed by atoms with E-state index in [1.165, 1.54) is 0 Å². The maximum absolute atomic E-state index is 12.3. The molecule has 4 atom stereocenters. The van der Waals surface area contributed by atoms with Crippen LogP contribution >= 0.6 is 0 Å². The van der Waals surface area contributed by atoms with Crippen LogP contribution in [0.1, 0.15) is 126 Å². The number of ketones is 4. The van der Waals surface area contributed by atoms with Crippen molar-refractivity contribution >= 4 is 23.1 Å². The highest BCUT2D eigenvalue weighted by molar-refractivity contribution is 5.97. The largest absolute Gasteiger partial charge is 0.290 e. The molecule has 376 valence electrons. The number of allylic oxidation sites excluding steroid dienone is 8. The first-order valence-corrected chi connectivity index (χ1v) is 24.3. The SMILES string of the molecule is CC(C)/C=C/[C@@H](C)C(=O)c1nccc(-c2cccnc2)n1.CC(C)/C=C/[C@@H](C)C(=O)c1ncccn1.CC(C)/C=C/[C@H](C)C(=O)c1nccc(-c2cccnc2)n1.CC(C)/C=C/[C@H](C)C(=O)c1ncccn1. The molecule has 0 radical (unpaired) electrons. The molecule has 0 saturated heterocycles. The highest BCUT2D eigenvalue weighted by Gasteiger charge is 2.19. The zero-order valence-corrected chi connectivity index (χ0v) is 43.7. The van der Waals surface area contributed by atoms with E-state index in [0.717, 1.165) is 11.1 Å². The Morgan fingerprint density at radius 2 is 0.611 bits per heavy atom. The van der Waals surface area contributed by atoms with Crippen LogP contribution in [0, 0.1) is 47.3 Å². The second-order valence-electron chi connectivity index (χ2n) is 18.3. The Morgan fingerprint density at radius 3 is 0.875 bits per heavy atom. The number of pyridine rings is 2. The first-order valence-electron chi connectivity index (χ1n) is 24.3. The molecule has 72 heavy (non-hydrogen) atoms. The van der Waals surface area contributed by atoms with E-state index in [2.05, 4.69) is 105 Å². The molecular formula is C58H70N10O4. The molecule has 0 amide bonds. The van der Waals surface area contributed by atoms with Gasteiger partial charge in [-0.2, -0.15) is 0 Å². The number of hydrogen-bond donors (Lipinski definition) is 0. The summed E-state index contributed by atoms with van der Waals surface area (Å²) in [5.41, 5.74) is 3.17. The molecule has 6 heterocycles. The molecule has 6 rings (SSSR count). The van der Waals surface area contributed by atoms with Crippen LogP contribution in [-0.4, -0.2) is 73.0 Å². The second-order valence-corrected chi connectivity index (χ2v) is 18.3. The Hall–Kier alpha value is -7.74. The van der Waals surface area contributed by atoms with Crippen molar-refractivity contribution in [2.45, 2.75) is 83.1 Å². The molecule has 0 saturated carbocycles. The first kappa shape index (κ1) is 58.6. The molecule has 0 spiro atoms. The van der Waals surface area contributed by atoms with Gasteiger partial charge in [-0.25, -0.2) is 39.9 Å². The third-order valence-corrected chi connectivity index (χ3v) is 10.0. The van der Waals surface area contributed by atoms with E-state index < -0.39 is 0 Å². The number of aromatic nitrogens is 10. The maximum Gasteiger partial charge on any atom is 0.206 e. The average Bonchev–Trinajstić information content (AvgIpc) is 3.41. The highest BCUT2D eigenvalue weighted by Crippen LogP contribution is 2.18. The van der Waals surface area contributed by atoms with Crippen molar-refractivity contribution in [1.82, 2.24) is 49.8 Å². The van der Waals surface area contributed by atoms with Crippen molar-refractivity contribution in [2.75, 3.05) is 0 Å². The molecule has 0 aliphatic rings. The Kier molecular flexibility index (Phi) is 25.6. The summed E-state index contributed by atoms with van der Waals surface area (Å²) >= 11 is 0. The fourth-order valence-corrected chi connectivity index (χ4v) is 5.88. The van der Waals surface area contributed by atoms with Gasteiger partial charge >= 0.3 is 0 Å². The molecule has 0 bridgehead atoms. The quantitative estimate of drug-likeness (QED) is 0.0582. The van der Waals surface area contributed by atoms with Crippen LogP contribution in [-0.2, 0) is 0 Å². The summed E-state index contributed by atoms with van der Waals surface area (Å²) in [5.74, 6) is 1.85. The lowest BCUT2D eigenvalue weighted by molar-refractivity contribution is 0.0935. The van der Waals surface area contributed by atoms with Gasteiger partial charge in [-0.05, 0) is 72.2 Å². The summed E-state index contributed by atoms with van der Waals surface area (Å²) in [7, 11) is 0. The molecule has 0 unspecified atom stereocenters. The van der Waals surface area contributed by atoms with Gasteiger partial charge in [0.25, 0.3) is 0 Å². The molecule has 14 nitrogen and oxygen atoms in total. The van der Waals surface area contributed by atoms with Crippen LogP contribution < -0.4 is 0 Å². The molecule has 0 N–H and O–H groups in total. The van der Waals surface area contributed by atoms with Gasteiger partial charge in [0.2, 0.25) is 23.1 Å². The predicted octanol–water partition coefficient (Wildman–Crippen LogP) is 12.2. The van der Waals surface area contributed by atoms with Crippen LogP contribution in [0.4, 0.5) is 0 Å². The van der Waals surface area contributed by atoms with Gasteiger partial charge in [-0.15, -0.1) is 0 Å². The van der Waals surface area contributed by atoms with E-state index in [0.29, 0.717) is 46.7 Å². The smallest absolute Gasteiger partial charge is 0.206 e. The van der Waals surface area contributed by atoms with Crippen molar-refractivity contribution < 1.29 is 19.2 Å². The Balaban J connectivity index is 0.000000257. The van der Waals surface area contributed by atoms with Gasteiger partial charge in [-0.1, -0.05) is 132 Å². The monoisotopic (exact) mass is 971 g/mol. The summed E-state index contributed by atoms with van der Waals surface area (Å²) in [6.45, 7) is 24.1. The minimum atomic E-state index is -0.225. The third kappa shape index (κ3) is 21.5. The van der Waals surface area contributed by atoms with Crippen LogP contribution in [0.3, 0.4) is 0 Å². The average molecular weight is 971 g/mol. The number of nitrogens with zero attached hydrogens (tertiary/aromatic N) is 10.